The van der Waals surface area contributed by atoms with Crippen LogP contribution in [0.4, 0.5) is 15.2 Å². The van der Waals surface area contributed by atoms with Gasteiger partial charge in [0.05, 0.1) is 17.3 Å². The van der Waals surface area contributed by atoms with Crippen LogP contribution in [0.5, 0.6) is 0 Å². The molecule has 0 aliphatic carbocycles. The minimum atomic E-state index is -0.490. The SMILES string of the molecule is Cc1csc(N(C)C(=O)C2CC(=O)N(c3ccccc3F)C2)n1. The van der Waals surface area contributed by atoms with Crippen molar-refractivity contribution in [1.29, 1.82) is 0 Å². The lowest BCUT2D eigenvalue weighted by atomic mass is 10.1. The fraction of sp³-hybridized carbons (Fsp3) is 0.312. The summed E-state index contributed by atoms with van der Waals surface area (Å²) in [7, 11) is 1.65. The molecule has 2 amide bonds. The van der Waals surface area contributed by atoms with Crippen LogP contribution in [0, 0.1) is 18.7 Å². The number of para-hydroxylation sites is 1. The lowest BCUT2D eigenvalue weighted by Crippen LogP contribution is -2.34. The zero-order valence-corrected chi connectivity index (χ0v) is 13.6. The summed E-state index contributed by atoms with van der Waals surface area (Å²) in [6.07, 6.45) is 0.0852. The molecule has 0 bridgehead atoms. The highest BCUT2D eigenvalue weighted by Gasteiger charge is 2.38. The van der Waals surface area contributed by atoms with Crippen molar-refractivity contribution in [3.63, 3.8) is 0 Å². The van der Waals surface area contributed by atoms with E-state index in [1.807, 2.05) is 12.3 Å². The van der Waals surface area contributed by atoms with Gasteiger partial charge in [-0.3, -0.25) is 14.5 Å². The maximum absolute atomic E-state index is 13.9. The Hall–Kier alpha value is -2.28. The molecule has 2 heterocycles. The zero-order valence-electron chi connectivity index (χ0n) is 12.8. The van der Waals surface area contributed by atoms with E-state index in [0.717, 1.165) is 5.69 Å². The lowest BCUT2D eigenvalue weighted by Gasteiger charge is -2.19. The standard InChI is InChI=1S/C16H16FN3O2S/c1-10-9-23-16(18-10)19(2)15(22)11-7-14(21)20(8-11)13-6-4-3-5-12(13)17/h3-6,9,11H,7-8H2,1-2H3. The first-order valence-electron chi connectivity index (χ1n) is 7.22. The summed E-state index contributed by atoms with van der Waals surface area (Å²) in [6, 6.07) is 6.10. The molecule has 1 fully saturated rings. The highest BCUT2D eigenvalue weighted by molar-refractivity contribution is 7.14. The number of nitrogens with zero attached hydrogens (tertiary/aromatic N) is 3. The molecular formula is C16H16FN3O2S. The van der Waals surface area contributed by atoms with Crippen LogP contribution in [0.25, 0.3) is 0 Å². The largest absolute Gasteiger partial charge is 0.309 e. The van der Waals surface area contributed by atoms with E-state index in [2.05, 4.69) is 4.98 Å². The van der Waals surface area contributed by atoms with E-state index in [1.54, 1.807) is 25.2 Å². The molecule has 1 unspecified atom stereocenters. The number of aromatic nitrogens is 1. The predicted molar refractivity (Wildman–Crippen MR) is 87.1 cm³/mol. The topological polar surface area (TPSA) is 53.5 Å². The summed E-state index contributed by atoms with van der Waals surface area (Å²) in [5.41, 5.74) is 1.07. The van der Waals surface area contributed by atoms with Gasteiger partial charge in [0.2, 0.25) is 11.8 Å². The zero-order chi connectivity index (χ0) is 16.6. The van der Waals surface area contributed by atoms with Crippen molar-refractivity contribution in [2.45, 2.75) is 13.3 Å². The molecule has 1 saturated heterocycles. The number of carbonyl (C=O) groups is 2. The summed E-state index contributed by atoms with van der Waals surface area (Å²) in [5, 5.41) is 2.47. The normalized spacial score (nSPS) is 17.6. The molecule has 23 heavy (non-hydrogen) atoms. The van der Waals surface area contributed by atoms with Gasteiger partial charge < -0.3 is 4.90 Å². The summed E-state index contributed by atoms with van der Waals surface area (Å²) in [5.74, 6) is -1.36. The average Bonchev–Trinajstić information content (AvgIpc) is 3.12. The van der Waals surface area contributed by atoms with Gasteiger partial charge in [-0.25, -0.2) is 9.37 Å². The second-order valence-corrected chi connectivity index (χ2v) is 6.36. The Labute approximate surface area is 137 Å². The van der Waals surface area contributed by atoms with Crippen LogP contribution in [0.2, 0.25) is 0 Å². The molecule has 0 radical (unpaired) electrons. The smallest absolute Gasteiger partial charge is 0.233 e. The third-order valence-electron chi connectivity index (χ3n) is 3.84. The van der Waals surface area contributed by atoms with Gasteiger partial charge >= 0.3 is 0 Å². The van der Waals surface area contributed by atoms with Crippen LogP contribution in [-0.4, -0.2) is 30.4 Å². The van der Waals surface area contributed by atoms with Crippen molar-refractivity contribution >= 4 is 34.0 Å². The van der Waals surface area contributed by atoms with E-state index in [0.29, 0.717) is 5.13 Å². The monoisotopic (exact) mass is 333 g/mol. The van der Waals surface area contributed by atoms with E-state index in [9.17, 15) is 14.0 Å². The minimum absolute atomic E-state index is 0.0852. The van der Waals surface area contributed by atoms with Gasteiger partial charge in [-0.05, 0) is 19.1 Å². The minimum Gasteiger partial charge on any atom is -0.309 e. The predicted octanol–water partition coefficient (Wildman–Crippen LogP) is 2.61. The van der Waals surface area contributed by atoms with Crippen LogP contribution in [0.15, 0.2) is 29.6 Å². The molecule has 120 valence electrons. The maximum Gasteiger partial charge on any atom is 0.233 e. The summed E-state index contributed by atoms with van der Waals surface area (Å²) >= 11 is 1.38. The molecule has 2 aromatic rings. The lowest BCUT2D eigenvalue weighted by molar-refractivity contribution is -0.124. The number of thiazole rings is 1. The third-order valence-corrected chi connectivity index (χ3v) is 4.88. The fourth-order valence-corrected chi connectivity index (χ4v) is 3.41. The molecule has 1 aromatic heterocycles. The van der Waals surface area contributed by atoms with Crippen LogP contribution >= 0.6 is 11.3 Å². The van der Waals surface area contributed by atoms with Crippen LogP contribution in [-0.2, 0) is 9.59 Å². The number of carbonyl (C=O) groups excluding carboxylic acids is 2. The molecular weight excluding hydrogens is 317 g/mol. The summed E-state index contributed by atoms with van der Waals surface area (Å²) in [4.78, 5) is 31.9. The number of anilines is 2. The Kier molecular flexibility index (Phi) is 4.12. The Morgan fingerprint density at radius 1 is 1.43 bits per heavy atom. The van der Waals surface area contributed by atoms with Crippen molar-refractivity contribution in [1.82, 2.24) is 4.98 Å². The summed E-state index contributed by atoms with van der Waals surface area (Å²) < 4.78 is 13.9. The van der Waals surface area contributed by atoms with Crippen molar-refractivity contribution in [2.24, 2.45) is 5.92 Å². The van der Waals surface area contributed by atoms with Gasteiger partial charge in [-0.2, -0.15) is 0 Å². The van der Waals surface area contributed by atoms with Crippen LogP contribution < -0.4 is 9.80 Å². The number of hydrogen-bond donors (Lipinski definition) is 0. The molecule has 1 aliphatic heterocycles. The van der Waals surface area contributed by atoms with Gasteiger partial charge in [-0.15, -0.1) is 11.3 Å². The average molecular weight is 333 g/mol. The Morgan fingerprint density at radius 3 is 2.83 bits per heavy atom. The Morgan fingerprint density at radius 2 is 2.17 bits per heavy atom. The Bertz CT molecular complexity index is 761. The second kappa shape index (κ2) is 6.08. The molecule has 5 nitrogen and oxygen atoms in total. The molecule has 0 spiro atoms. The Balaban J connectivity index is 1.77. The number of aryl methyl sites for hydroxylation is 1. The number of hydrogen-bond acceptors (Lipinski definition) is 4. The molecule has 1 aromatic carbocycles. The molecule has 0 saturated carbocycles. The number of benzene rings is 1. The van der Waals surface area contributed by atoms with Gasteiger partial charge in [0, 0.05) is 25.4 Å². The molecule has 7 heteroatoms. The van der Waals surface area contributed by atoms with E-state index in [1.165, 1.54) is 27.2 Å². The first-order valence-corrected chi connectivity index (χ1v) is 8.10. The molecule has 3 rings (SSSR count). The van der Waals surface area contributed by atoms with E-state index >= 15 is 0 Å². The van der Waals surface area contributed by atoms with Gasteiger partial charge in [0.1, 0.15) is 5.82 Å². The second-order valence-electron chi connectivity index (χ2n) is 5.53. The van der Waals surface area contributed by atoms with Gasteiger partial charge in [0.25, 0.3) is 0 Å². The molecule has 1 aliphatic rings. The van der Waals surface area contributed by atoms with E-state index < -0.39 is 11.7 Å². The number of halogens is 1. The maximum atomic E-state index is 13.9. The van der Waals surface area contributed by atoms with Crippen molar-refractivity contribution < 1.29 is 14.0 Å². The van der Waals surface area contributed by atoms with E-state index in [-0.39, 0.29) is 30.5 Å². The molecule has 1 atom stereocenters. The highest BCUT2D eigenvalue weighted by Crippen LogP contribution is 2.29. The van der Waals surface area contributed by atoms with Crippen LogP contribution in [0.3, 0.4) is 0 Å². The van der Waals surface area contributed by atoms with E-state index in [4.69, 9.17) is 0 Å². The van der Waals surface area contributed by atoms with Gasteiger partial charge in [0.15, 0.2) is 5.13 Å². The quantitative estimate of drug-likeness (QED) is 0.867. The first kappa shape index (κ1) is 15.6. The van der Waals surface area contributed by atoms with Crippen molar-refractivity contribution in [3.8, 4) is 0 Å². The number of rotatable bonds is 3. The number of amides is 2. The first-order chi connectivity index (χ1) is 11.0. The van der Waals surface area contributed by atoms with Gasteiger partial charge in [-0.1, -0.05) is 12.1 Å². The third kappa shape index (κ3) is 2.96. The van der Waals surface area contributed by atoms with Crippen molar-refractivity contribution in [3.05, 3.63) is 41.2 Å². The van der Waals surface area contributed by atoms with Crippen LogP contribution in [0.1, 0.15) is 12.1 Å². The summed E-state index contributed by atoms with van der Waals surface area (Å²) in [6.45, 7) is 2.05. The molecule has 0 N–H and O–H groups in total. The van der Waals surface area contributed by atoms with Crippen molar-refractivity contribution in [2.75, 3.05) is 23.4 Å². The highest BCUT2D eigenvalue weighted by atomic mass is 32.1. The fourth-order valence-electron chi connectivity index (χ4n) is 2.64.